The van der Waals surface area contributed by atoms with Crippen molar-refractivity contribution in [3.8, 4) is 0 Å². The zero-order valence-corrected chi connectivity index (χ0v) is 10.1. The lowest BCUT2D eigenvalue weighted by Gasteiger charge is -2.48. The van der Waals surface area contributed by atoms with Gasteiger partial charge in [-0.25, -0.2) is 9.97 Å². The molecule has 0 aromatic carbocycles. The van der Waals surface area contributed by atoms with Gasteiger partial charge in [0.15, 0.2) is 0 Å². The number of hydrogen-bond donors (Lipinski definition) is 1. The number of rotatable bonds is 4. The van der Waals surface area contributed by atoms with Gasteiger partial charge >= 0.3 is 0 Å². The van der Waals surface area contributed by atoms with Gasteiger partial charge in [-0.1, -0.05) is 20.3 Å². The Balaban J connectivity index is 2.03. The van der Waals surface area contributed by atoms with Crippen LogP contribution in [0, 0.1) is 0 Å². The lowest BCUT2D eigenvalue weighted by Crippen LogP contribution is -2.67. The molecule has 88 valence electrons. The van der Waals surface area contributed by atoms with E-state index in [0.717, 1.165) is 43.9 Å². The standard InChI is InChI=1S/C12H20N4/c1-3-5-10-6-11(15-9-14-10)16-7-12(13,4-2)8-16/h6,9H,3-5,7-8,13H2,1-2H3. The third kappa shape index (κ3) is 2.16. The minimum Gasteiger partial charge on any atom is -0.353 e. The van der Waals surface area contributed by atoms with E-state index in [4.69, 9.17) is 5.73 Å². The van der Waals surface area contributed by atoms with Crippen LogP contribution >= 0.6 is 0 Å². The van der Waals surface area contributed by atoms with Crippen LogP contribution in [0.1, 0.15) is 32.4 Å². The summed E-state index contributed by atoms with van der Waals surface area (Å²) in [6.07, 6.45) is 4.82. The highest BCUT2D eigenvalue weighted by atomic mass is 15.3. The molecule has 4 heteroatoms. The van der Waals surface area contributed by atoms with E-state index in [2.05, 4.69) is 34.8 Å². The summed E-state index contributed by atoms with van der Waals surface area (Å²) in [6.45, 7) is 6.12. The first-order valence-corrected chi connectivity index (χ1v) is 6.01. The van der Waals surface area contributed by atoms with Crippen LogP contribution in [-0.4, -0.2) is 28.6 Å². The summed E-state index contributed by atoms with van der Waals surface area (Å²) in [5.74, 6) is 1.02. The maximum Gasteiger partial charge on any atom is 0.132 e. The van der Waals surface area contributed by atoms with Crippen LogP contribution in [0.25, 0.3) is 0 Å². The fraction of sp³-hybridized carbons (Fsp3) is 0.667. The molecule has 0 aliphatic carbocycles. The molecule has 1 fully saturated rings. The molecule has 0 unspecified atom stereocenters. The topological polar surface area (TPSA) is 55.0 Å². The summed E-state index contributed by atoms with van der Waals surface area (Å²) in [5, 5.41) is 0. The summed E-state index contributed by atoms with van der Waals surface area (Å²) in [6, 6.07) is 2.08. The monoisotopic (exact) mass is 220 g/mol. The Morgan fingerprint density at radius 3 is 2.75 bits per heavy atom. The second kappa shape index (κ2) is 4.37. The first-order chi connectivity index (χ1) is 7.67. The Morgan fingerprint density at radius 1 is 1.38 bits per heavy atom. The maximum absolute atomic E-state index is 6.14. The fourth-order valence-corrected chi connectivity index (χ4v) is 2.05. The average Bonchev–Trinajstić information content (AvgIpc) is 2.26. The van der Waals surface area contributed by atoms with Gasteiger partial charge in [0.05, 0.1) is 5.54 Å². The molecule has 0 spiro atoms. The van der Waals surface area contributed by atoms with Crippen molar-refractivity contribution < 1.29 is 0 Å². The van der Waals surface area contributed by atoms with Gasteiger partial charge in [-0.2, -0.15) is 0 Å². The number of nitrogens with zero attached hydrogens (tertiary/aromatic N) is 3. The second-order valence-electron chi connectivity index (χ2n) is 4.69. The lowest BCUT2D eigenvalue weighted by molar-refractivity contribution is 0.320. The Labute approximate surface area is 96.9 Å². The SMILES string of the molecule is CCCc1cc(N2CC(N)(CC)C2)ncn1. The molecule has 0 amide bonds. The van der Waals surface area contributed by atoms with Crippen LogP contribution in [-0.2, 0) is 6.42 Å². The number of aryl methyl sites for hydroxylation is 1. The van der Waals surface area contributed by atoms with Crippen molar-refractivity contribution in [3.05, 3.63) is 18.1 Å². The average molecular weight is 220 g/mol. The quantitative estimate of drug-likeness (QED) is 0.832. The fourth-order valence-electron chi connectivity index (χ4n) is 2.05. The van der Waals surface area contributed by atoms with Crippen LogP contribution in [0.15, 0.2) is 12.4 Å². The van der Waals surface area contributed by atoms with E-state index in [1.54, 1.807) is 6.33 Å². The van der Waals surface area contributed by atoms with Gasteiger partial charge < -0.3 is 10.6 Å². The van der Waals surface area contributed by atoms with Crippen LogP contribution < -0.4 is 10.6 Å². The molecule has 0 saturated carbocycles. The molecule has 1 aromatic heterocycles. The first-order valence-electron chi connectivity index (χ1n) is 6.01. The minimum atomic E-state index is -0.00410. The van der Waals surface area contributed by atoms with E-state index >= 15 is 0 Å². The molecule has 2 heterocycles. The van der Waals surface area contributed by atoms with Crippen molar-refractivity contribution in [2.75, 3.05) is 18.0 Å². The highest BCUT2D eigenvalue weighted by Gasteiger charge is 2.38. The highest BCUT2D eigenvalue weighted by Crippen LogP contribution is 2.26. The summed E-state index contributed by atoms with van der Waals surface area (Å²) < 4.78 is 0. The molecule has 0 radical (unpaired) electrons. The van der Waals surface area contributed by atoms with E-state index in [1.165, 1.54) is 0 Å². The highest BCUT2D eigenvalue weighted by molar-refractivity contribution is 5.44. The summed E-state index contributed by atoms with van der Waals surface area (Å²) in [4.78, 5) is 10.8. The van der Waals surface area contributed by atoms with Gasteiger partial charge in [0.2, 0.25) is 0 Å². The van der Waals surface area contributed by atoms with Gasteiger partial charge in [0, 0.05) is 24.8 Å². The Bertz CT molecular complexity index is 358. The molecule has 1 aliphatic rings. The van der Waals surface area contributed by atoms with E-state index in [-0.39, 0.29) is 5.54 Å². The van der Waals surface area contributed by atoms with Gasteiger partial charge in [-0.3, -0.25) is 0 Å². The summed E-state index contributed by atoms with van der Waals surface area (Å²) in [5.41, 5.74) is 7.26. The largest absolute Gasteiger partial charge is 0.353 e. The maximum atomic E-state index is 6.14. The van der Waals surface area contributed by atoms with E-state index in [9.17, 15) is 0 Å². The van der Waals surface area contributed by atoms with Crippen LogP contribution in [0.3, 0.4) is 0 Å². The van der Waals surface area contributed by atoms with Crippen molar-refractivity contribution in [1.82, 2.24) is 9.97 Å². The number of nitrogens with two attached hydrogens (primary N) is 1. The van der Waals surface area contributed by atoms with Gasteiger partial charge in [-0.15, -0.1) is 0 Å². The minimum absolute atomic E-state index is 0.00410. The molecule has 4 nitrogen and oxygen atoms in total. The number of aromatic nitrogens is 2. The van der Waals surface area contributed by atoms with Crippen LogP contribution in [0.4, 0.5) is 5.82 Å². The van der Waals surface area contributed by atoms with Crippen LogP contribution in [0.2, 0.25) is 0 Å². The van der Waals surface area contributed by atoms with E-state index < -0.39 is 0 Å². The van der Waals surface area contributed by atoms with Gasteiger partial charge in [-0.05, 0) is 12.8 Å². The molecule has 0 atom stereocenters. The first kappa shape index (κ1) is 11.3. The summed E-state index contributed by atoms with van der Waals surface area (Å²) in [7, 11) is 0. The Morgan fingerprint density at radius 2 is 2.12 bits per heavy atom. The van der Waals surface area contributed by atoms with Gasteiger partial charge in [0.1, 0.15) is 12.1 Å². The molecule has 16 heavy (non-hydrogen) atoms. The third-order valence-electron chi connectivity index (χ3n) is 3.26. The van der Waals surface area contributed by atoms with Crippen molar-refractivity contribution in [2.24, 2.45) is 5.73 Å². The molecule has 2 N–H and O–H groups in total. The molecule has 1 aromatic rings. The molecule has 1 aliphatic heterocycles. The van der Waals surface area contributed by atoms with Crippen molar-refractivity contribution in [3.63, 3.8) is 0 Å². The van der Waals surface area contributed by atoms with Crippen molar-refractivity contribution >= 4 is 5.82 Å². The lowest BCUT2D eigenvalue weighted by atomic mass is 9.88. The molecule has 1 saturated heterocycles. The number of anilines is 1. The zero-order valence-electron chi connectivity index (χ0n) is 10.1. The predicted octanol–water partition coefficient (Wildman–Crippen LogP) is 1.36. The number of hydrogen-bond acceptors (Lipinski definition) is 4. The summed E-state index contributed by atoms with van der Waals surface area (Å²) >= 11 is 0. The predicted molar refractivity (Wildman–Crippen MR) is 65.4 cm³/mol. The third-order valence-corrected chi connectivity index (χ3v) is 3.26. The van der Waals surface area contributed by atoms with Crippen LogP contribution in [0.5, 0.6) is 0 Å². The smallest absolute Gasteiger partial charge is 0.132 e. The molecular weight excluding hydrogens is 200 g/mol. The molecule has 0 bridgehead atoms. The van der Waals surface area contributed by atoms with Gasteiger partial charge in [0.25, 0.3) is 0 Å². The molecular formula is C12H20N4. The van der Waals surface area contributed by atoms with Crippen molar-refractivity contribution in [2.45, 2.75) is 38.6 Å². The Hall–Kier alpha value is -1.16. The normalized spacial score (nSPS) is 18.3. The second-order valence-corrected chi connectivity index (χ2v) is 4.69. The van der Waals surface area contributed by atoms with E-state index in [1.807, 2.05) is 0 Å². The van der Waals surface area contributed by atoms with E-state index in [0.29, 0.717) is 0 Å². The Kier molecular flexibility index (Phi) is 3.10. The van der Waals surface area contributed by atoms with Crippen molar-refractivity contribution in [1.29, 1.82) is 0 Å². The zero-order chi connectivity index (χ0) is 11.6. The molecule has 2 rings (SSSR count).